The smallest absolute Gasteiger partial charge is 0.256 e. The first kappa shape index (κ1) is 21.4. The summed E-state index contributed by atoms with van der Waals surface area (Å²) < 4.78 is 0. The van der Waals surface area contributed by atoms with Crippen molar-refractivity contribution in [1.29, 1.82) is 5.26 Å². The molecule has 2 aromatic carbocycles. The SMILES string of the molecule is Cl.N#Cc1c(NC(=O)c2ccc(Cl)cc2)sc2c1CCN(Cc1ccccc1)C2. The number of rotatable bonds is 4. The van der Waals surface area contributed by atoms with Gasteiger partial charge in [-0.15, -0.1) is 23.7 Å². The number of carbonyl (C=O) groups is 1. The minimum Gasteiger partial charge on any atom is -0.312 e. The highest BCUT2D eigenvalue weighted by Crippen LogP contribution is 2.37. The maximum absolute atomic E-state index is 12.5. The lowest BCUT2D eigenvalue weighted by Gasteiger charge is -2.26. The monoisotopic (exact) mass is 443 g/mol. The van der Waals surface area contributed by atoms with Crippen molar-refractivity contribution in [3.8, 4) is 6.07 Å². The highest BCUT2D eigenvalue weighted by atomic mass is 35.5. The standard InChI is InChI=1S/C22H18ClN3OS.ClH/c23-17-8-6-16(7-9-17)21(27)25-22-19(12-24)18-10-11-26(14-20(18)28-22)13-15-4-2-1-3-5-15;/h1-9H,10-11,13-14H2,(H,25,27);1H. The summed E-state index contributed by atoms with van der Waals surface area (Å²) in [5, 5.41) is 13.8. The number of benzene rings is 2. The Morgan fingerprint density at radius 2 is 1.90 bits per heavy atom. The van der Waals surface area contributed by atoms with Gasteiger partial charge in [0.2, 0.25) is 0 Å². The summed E-state index contributed by atoms with van der Waals surface area (Å²) in [6.45, 7) is 2.57. The first-order valence-electron chi connectivity index (χ1n) is 9.02. The van der Waals surface area contributed by atoms with Crippen LogP contribution >= 0.6 is 35.3 Å². The van der Waals surface area contributed by atoms with Crippen LogP contribution in [-0.2, 0) is 19.5 Å². The lowest BCUT2D eigenvalue weighted by atomic mass is 10.0. The van der Waals surface area contributed by atoms with E-state index in [1.54, 1.807) is 24.3 Å². The number of nitriles is 1. The van der Waals surface area contributed by atoms with E-state index in [-0.39, 0.29) is 18.3 Å². The Balaban J connectivity index is 0.00000240. The summed E-state index contributed by atoms with van der Waals surface area (Å²) in [5.74, 6) is -0.229. The lowest BCUT2D eigenvalue weighted by Crippen LogP contribution is -2.29. The molecule has 1 N–H and O–H groups in total. The fraction of sp³-hybridized carbons (Fsp3) is 0.182. The molecule has 0 saturated carbocycles. The van der Waals surface area contributed by atoms with Crippen LogP contribution < -0.4 is 5.32 Å². The van der Waals surface area contributed by atoms with Crippen molar-refractivity contribution < 1.29 is 4.79 Å². The van der Waals surface area contributed by atoms with Crippen molar-refractivity contribution in [2.75, 3.05) is 11.9 Å². The van der Waals surface area contributed by atoms with Crippen molar-refractivity contribution >= 4 is 46.3 Å². The molecular weight excluding hydrogens is 425 g/mol. The highest BCUT2D eigenvalue weighted by molar-refractivity contribution is 7.16. The maximum Gasteiger partial charge on any atom is 0.256 e. The van der Waals surface area contributed by atoms with E-state index in [0.717, 1.165) is 36.5 Å². The molecule has 0 radical (unpaired) electrons. The van der Waals surface area contributed by atoms with Crippen molar-refractivity contribution in [3.63, 3.8) is 0 Å². The quantitative estimate of drug-likeness (QED) is 0.578. The fourth-order valence-corrected chi connectivity index (χ4v) is 4.78. The predicted octanol–water partition coefficient (Wildman–Crippen LogP) is 5.51. The van der Waals surface area contributed by atoms with Crippen molar-refractivity contribution in [2.45, 2.75) is 19.5 Å². The number of hydrogen-bond donors (Lipinski definition) is 1. The van der Waals surface area contributed by atoms with Gasteiger partial charge in [-0.25, -0.2) is 0 Å². The first-order chi connectivity index (χ1) is 13.6. The summed E-state index contributed by atoms with van der Waals surface area (Å²) in [7, 11) is 0. The lowest BCUT2D eigenvalue weighted by molar-refractivity contribution is 0.102. The molecule has 0 aliphatic carbocycles. The second-order valence-corrected chi connectivity index (χ2v) is 8.27. The number of hydrogen-bond acceptors (Lipinski definition) is 4. The van der Waals surface area contributed by atoms with Crippen molar-refractivity contribution in [1.82, 2.24) is 4.90 Å². The Bertz CT molecular complexity index is 1040. The van der Waals surface area contributed by atoms with Gasteiger partial charge in [0, 0.05) is 35.1 Å². The third-order valence-corrected chi connectivity index (χ3v) is 6.21. The van der Waals surface area contributed by atoms with Crippen molar-refractivity contribution in [3.05, 3.63) is 86.8 Å². The van der Waals surface area contributed by atoms with Gasteiger partial charge in [0.15, 0.2) is 0 Å². The second kappa shape index (κ2) is 9.43. The van der Waals surface area contributed by atoms with E-state index in [0.29, 0.717) is 21.2 Å². The minimum absolute atomic E-state index is 0. The zero-order valence-electron chi connectivity index (χ0n) is 15.5. The topological polar surface area (TPSA) is 56.1 Å². The van der Waals surface area contributed by atoms with Gasteiger partial charge in [-0.05, 0) is 41.8 Å². The van der Waals surface area contributed by atoms with Crippen LogP contribution in [0.2, 0.25) is 5.02 Å². The summed E-state index contributed by atoms with van der Waals surface area (Å²) in [6, 6.07) is 19.4. The molecule has 148 valence electrons. The van der Waals surface area contributed by atoms with Gasteiger partial charge in [0.25, 0.3) is 5.91 Å². The molecular formula is C22H19Cl2N3OS. The zero-order chi connectivity index (χ0) is 19.5. The van der Waals surface area contributed by atoms with Crippen LogP contribution in [0.3, 0.4) is 0 Å². The number of amides is 1. The van der Waals surface area contributed by atoms with Gasteiger partial charge in [-0.2, -0.15) is 5.26 Å². The van der Waals surface area contributed by atoms with E-state index in [1.165, 1.54) is 16.9 Å². The van der Waals surface area contributed by atoms with Crippen LogP contribution in [0.1, 0.15) is 31.9 Å². The fourth-order valence-electron chi connectivity index (χ4n) is 3.42. The molecule has 7 heteroatoms. The molecule has 1 aromatic heterocycles. The van der Waals surface area contributed by atoms with Gasteiger partial charge in [-0.3, -0.25) is 9.69 Å². The summed E-state index contributed by atoms with van der Waals surface area (Å²) >= 11 is 7.39. The number of carbonyl (C=O) groups excluding carboxylic acids is 1. The molecule has 1 amide bonds. The third kappa shape index (κ3) is 4.80. The van der Waals surface area contributed by atoms with E-state index >= 15 is 0 Å². The summed E-state index contributed by atoms with van der Waals surface area (Å²) in [4.78, 5) is 16.1. The molecule has 0 atom stereocenters. The number of nitrogens with zero attached hydrogens (tertiary/aromatic N) is 2. The molecule has 1 aliphatic rings. The van der Waals surface area contributed by atoms with Crippen LogP contribution in [-0.4, -0.2) is 17.4 Å². The van der Waals surface area contributed by atoms with Crippen LogP contribution in [0.5, 0.6) is 0 Å². The number of thiophene rings is 1. The Hall–Kier alpha value is -2.36. The second-order valence-electron chi connectivity index (χ2n) is 6.73. The average Bonchev–Trinajstić information content (AvgIpc) is 3.05. The van der Waals surface area contributed by atoms with E-state index in [4.69, 9.17) is 11.6 Å². The van der Waals surface area contributed by atoms with E-state index in [2.05, 4.69) is 28.4 Å². The van der Waals surface area contributed by atoms with Crippen molar-refractivity contribution in [2.24, 2.45) is 0 Å². The van der Waals surface area contributed by atoms with Gasteiger partial charge >= 0.3 is 0 Å². The normalized spacial score (nSPS) is 13.1. The number of halogens is 2. The Morgan fingerprint density at radius 3 is 2.59 bits per heavy atom. The molecule has 0 bridgehead atoms. The van der Waals surface area contributed by atoms with Gasteiger partial charge < -0.3 is 5.32 Å². The van der Waals surface area contributed by atoms with Gasteiger partial charge in [0.05, 0.1) is 5.56 Å². The molecule has 0 unspecified atom stereocenters. The molecule has 4 rings (SSSR count). The van der Waals surface area contributed by atoms with E-state index < -0.39 is 0 Å². The van der Waals surface area contributed by atoms with Crippen LogP contribution in [0, 0.1) is 11.3 Å². The molecule has 0 fully saturated rings. The van der Waals surface area contributed by atoms with Gasteiger partial charge in [-0.1, -0.05) is 41.9 Å². The Labute approximate surface area is 185 Å². The molecule has 0 saturated heterocycles. The maximum atomic E-state index is 12.5. The number of anilines is 1. The Kier molecular flexibility index (Phi) is 6.94. The molecule has 0 spiro atoms. The molecule has 29 heavy (non-hydrogen) atoms. The summed E-state index contributed by atoms with van der Waals surface area (Å²) in [6.07, 6.45) is 0.818. The van der Waals surface area contributed by atoms with Crippen LogP contribution in [0.4, 0.5) is 5.00 Å². The predicted molar refractivity (Wildman–Crippen MR) is 120 cm³/mol. The third-order valence-electron chi connectivity index (χ3n) is 4.83. The minimum atomic E-state index is -0.229. The highest BCUT2D eigenvalue weighted by Gasteiger charge is 2.25. The first-order valence-corrected chi connectivity index (χ1v) is 10.2. The molecule has 3 aromatic rings. The largest absolute Gasteiger partial charge is 0.312 e. The average molecular weight is 444 g/mol. The van der Waals surface area contributed by atoms with Crippen LogP contribution in [0.15, 0.2) is 54.6 Å². The van der Waals surface area contributed by atoms with Crippen LogP contribution in [0.25, 0.3) is 0 Å². The molecule has 2 heterocycles. The van der Waals surface area contributed by atoms with E-state index in [9.17, 15) is 10.1 Å². The zero-order valence-corrected chi connectivity index (χ0v) is 17.9. The molecule has 1 aliphatic heterocycles. The summed E-state index contributed by atoms with van der Waals surface area (Å²) in [5.41, 5.74) is 3.47. The van der Waals surface area contributed by atoms with Gasteiger partial charge in [0.1, 0.15) is 11.1 Å². The molecule has 4 nitrogen and oxygen atoms in total. The number of fused-ring (bicyclic) bond motifs is 1. The number of nitrogens with one attached hydrogen (secondary N) is 1. The Morgan fingerprint density at radius 1 is 1.17 bits per heavy atom. The van der Waals surface area contributed by atoms with E-state index in [1.807, 2.05) is 18.2 Å².